The van der Waals surface area contributed by atoms with Crippen molar-refractivity contribution in [3.05, 3.63) is 42.0 Å². The highest BCUT2D eigenvalue weighted by Crippen LogP contribution is 2.27. The molecular formula is C15H13N8O2S+. The summed E-state index contributed by atoms with van der Waals surface area (Å²) in [4.78, 5) is 15.0. The summed E-state index contributed by atoms with van der Waals surface area (Å²) < 4.78 is 13.4. The molecule has 3 rings (SSSR count). The number of carbonyl (C=O) groups excluding carboxylic acids is 1. The van der Waals surface area contributed by atoms with E-state index >= 15 is 0 Å². The smallest absolute Gasteiger partial charge is 0.339 e. The Labute approximate surface area is 151 Å². The lowest BCUT2D eigenvalue weighted by molar-refractivity contribution is 0.252. The monoisotopic (exact) mass is 369 g/mol. The summed E-state index contributed by atoms with van der Waals surface area (Å²) in [5.74, 6) is 0.480. The van der Waals surface area contributed by atoms with Crippen molar-refractivity contribution < 1.29 is 9.53 Å². The van der Waals surface area contributed by atoms with Crippen molar-refractivity contribution in [3.8, 4) is 5.75 Å². The van der Waals surface area contributed by atoms with Crippen LogP contribution in [0.3, 0.4) is 0 Å². The Morgan fingerprint density at radius 3 is 3.04 bits per heavy atom. The topological polar surface area (TPSA) is 139 Å². The standard InChI is InChI=1S/C15H12N8O2S/c1-25-13-6-5-9(7-12(13)19-23-16)8-17-20-15(24)18-10-3-2-4-11-14(10)22-26-21-11/h2-8,16H,1H3,(H-,18,20,21,24)/p+1/b17-8+. The molecule has 0 saturated heterocycles. The number of rotatable bonds is 5. The fraction of sp³-hybridized carbons (Fsp3) is 0.0667. The summed E-state index contributed by atoms with van der Waals surface area (Å²) in [7, 11) is 1.50. The van der Waals surface area contributed by atoms with Crippen LogP contribution in [0.4, 0.5) is 16.2 Å². The Balaban J connectivity index is 1.66. The SMILES string of the molecule is COc1ccc(/C=N/NC(=O)Nc2cccc3nsnc23)cc1N=[N+]=N. The Morgan fingerprint density at radius 1 is 1.35 bits per heavy atom. The molecule has 0 fully saturated rings. The fourth-order valence-corrected chi connectivity index (χ4v) is 2.69. The van der Waals surface area contributed by atoms with Gasteiger partial charge in [-0.2, -0.15) is 13.8 Å². The molecule has 11 heteroatoms. The van der Waals surface area contributed by atoms with Gasteiger partial charge in [0.25, 0.3) is 0 Å². The van der Waals surface area contributed by atoms with Crippen LogP contribution < -0.4 is 20.4 Å². The van der Waals surface area contributed by atoms with Crippen LogP contribution in [-0.2, 0) is 0 Å². The van der Waals surface area contributed by atoms with Gasteiger partial charge in [0, 0.05) is 0 Å². The number of hydrazone groups is 1. The molecule has 10 nitrogen and oxygen atoms in total. The molecule has 1 heterocycles. The van der Waals surface area contributed by atoms with Crippen molar-refractivity contribution in [2.75, 3.05) is 12.4 Å². The van der Waals surface area contributed by atoms with Crippen LogP contribution in [0.1, 0.15) is 5.56 Å². The second-order valence-electron chi connectivity index (χ2n) is 4.89. The highest BCUT2D eigenvalue weighted by molar-refractivity contribution is 7.00. The van der Waals surface area contributed by atoms with E-state index in [4.69, 9.17) is 10.3 Å². The number of anilines is 1. The van der Waals surface area contributed by atoms with E-state index in [9.17, 15) is 4.79 Å². The van der Waals surface area contributed by atoms with E-state index in [2.05, 4.69) is 34.6 Å². The zero-order valence-electron chi connectivity index (χ0n) is 13.5. The molecule has 26 heavy (non-hydrogen) atoms. The zero-order chi connectivity index (χ0) is 18.4. The Morgan fingerprint density at radius 2 is 2.23 bits per heavy atom. The summed E-state index contributed by atoms with van der Waals surface area (Å²) in [6, 6.07) is 9.84. The average molecular weight is 369 g/mol. The number of hydrogen-bond donors (Lipinski definition) is 3. The number of methoxy groups -OCH3 is 1. The van der Waals surface area contributed by atoms with Gasteiger partial charge in [-0.25, -0.2) is 10.2 Å². The third-order valence-electron chi connectivity index (χ3n) is 3.27. The minimum absolute atomic E-state index is 0.388. The van der Waals surface area contributed by atoms with Crippen molar-refractivity contribution in [1.29, 1.82) is 5.53 Å². The molecule has 0 aliphatic carbocycles. The van der Waals surface area contributed by atoms with Gasteiger partial charge in [0.15, 0.2) is 16.6 Å². The van der Waals surface area contributed by atoms with Crippen molar-refractivity contribution in [2.45, 2.75) is 0 Å². The molecule has 2 aromatic carbocycles. The number of nitrogens with zero attached hydrogens (tertiary/aromatic N) is 5. The highest BCUT2D eigenvalue weighted by Gasteiger charge is 2.08. The first-order chi connectivity index (χ1) is 12.7. The number of benzene rings is 2. The van der Waals surface area contributed by atoms with Gasteiger partial charge >= 0.3 is 6.03 Å². The van der Waals surface area contributed by atoms with E-state index in [0.29, 0.717) is 33.7 Å². The maximum Gasteiger partial charge on any atom is 0.339 e. The summed E-state index contributed by atoms with van der Waals surface area (Å²) in [6.07, 6.45) is 1.44. The van der Waals surface area contributed by atoms with Crippen molar-refractivity contribution in [1.82, 2.24) is 19.1 Å². The van der Waals surface area contributed by atoms with E-state index < -0.39 is 6.03 Å². The first-order valence-electron chi connectivity index (χ1n) is 7.28. The number of nitrogens with one attached hydrogen (secondary N) is 3. The molecular weight excluding hydrogens is 356 g/mol. The summed E-state index contributed by atoms with van der Waals surface area (Å²) >= 11 is 1.08. The van der Waals surface area contributed by atoms with Crippen LogP contribution in [0.5, 0.6) is 5.75 Å². The van der Waals surface area contributed by atoms with E-state index in [-0.39, 0.29) is 0 Å². The molecule has 1 aromatic heterocycles. The molecule has 0 aliphatic heterocycles. The highest BCUT2D eigenvalue weighted by atomic mass is 32.1. The van der Waals surface area contributed by atoms with Crippen molar-refractivity contribution >= 4 is 46.4 Å². The van der Waals surface area contributed by atoms with Gasteiger partial charge in [-0.05, 0) is 35.9 Å². The lowest BCUT2D eigenvalue weighted by Gasteiger charge is -2.04. The number of carbonyl (C=O) groups is 1. The maximum atomic E-state index is 12.0. The van der Waals surface area contributed by atoms with E-state index in [1.165, 1.54) is 13.3 Å². The maximum absolute atomic E-state index is 12.0. The van der Waals surface area contributed by atoms with Gasteiger partial charge in [-0.3, -0.25) is 0 Å². The number of amides is 2. The van der Waals surface area contributed by atoms with Gasteiger partial charge in [0.1, 0.15) is 16.6 Å². The molecule has 0 atom stereocenters. The van der Waals surface area contributed by atoms with E-state index in [0.717, 1.165) is 11.7 Å². The minimum atomic E-state index is -0.513. The third-order valence-corrected chi connectivity index (χ3v) is 3.82. The second-order valence-corrected chi connectivity index (χ2v) is 5.42. The minimum Gasteiger partial charge on any atom is -0.494 e. The number of ether oxygens (including phenoxy) is 1. The number of urea groups is 1. The van der Waals surface area contributed by atoms with Gasteiger partial charge in [0.05, 0.1) is 30.7 Å². The fourth-order valence-electron chi connectivity index (χ4n) is 2.14. The van der Waals surface area contributed by atoms with E-state index in [1.54, 1.807) is 30.3 Å². The molecule has 0 aliphatic rings. The van der Waals surface area contributed by atoms with Crippen LogP contribution in [0.25, 0.3) is 11.0 Å². The molecule has 0 bridgehead atoms. The van der Waals surface area contributed by atoms with Crippen molar-refractivity contribution in [2.24, 2.45) is 10.2 Å². The van der Waals surface area contributed by atoms with E-state index in [1.807, 2.05) is 6.07 Å². The average Bonchev–Trinajstić information content (AvgIpc) is 3.12. The summed E-state index contributed by atoms with van der Waals surface area (Å²) in [5, 5.41) is 10.2. The molecule has 0 unspecified atom stereocenters. The number of hydrogen-bond acceptors (Lipinski definition) is 8. The predicted octanol–water partition coefficient (Wildman–Crippen LogP) is 3.04. The second kappa shape index (κ2) is 7.92. The molecule has 0 saturated carbocycles. The van der Waals surface area contributed by atoms with Crippen LogP contribution >= 0.6 is 11.7 Å². The van der Waals surface area contributed by atoms with Gasteiger partial charge in [-0.1, -0.05) is 6.07 Å². The molecule has 3 N–H and O–H groups in total. The van der Waals surface area contributed by atoms with Crippen LogP contribution in [0.15, 0.2) is 46.6 Å². The van der Waals surface area contributed by atoms with Gasteiger partial charge < -0.3 is 10.1 Å². The zero-order valence-corrected chi connectivity index (χ0v) is 14.3. The lowest BCUT2D eigenvalue weighted by Crippen LogP contribution is -2.24. The summed E-state index contributed by atoms with van der Waals surface area (Å²) in [6.45, 7) is 0. The first kappa shape index (κ1) is 17.1. The predicted molar refractivity (Wildman–Crippen MR) is 97.1 cm³/mol. The molecule has 0 spiro atoms. The first-order valence-corrected chi connectivity index (χ1v) is 8.01. The van der Waals surface area contributed by atoms with Gasteiger partial charge in [-0.15, -0.1) is 0 Å². The number of aromatic nitrogens is 2. The Kier molecular flexibility index (Phi) is 5.22. The normalized spacial score (nSPS) is 10.5. The lowest BCUT2D eigenvalue weighted by atomic mass is 10.2. The molecule has 130 valence electrons. The molecule has 0 radical (unpaired) electrons. The molecule has 2 amide bonds. The van der Waals surface area contributed by atoms with Crippen LogP contribution in [0, 0.1) is 5.53 Å². The Hall–Kier alpha value is -3.69. The Bertz CT molecular complexity index is 1030. The molecule has 3 aromatic rings. The van der Waals surface area contributed by atoms with Crippen LogP contribution in [0.2, 0.25) is 0 Å². The largest absolute Gasteiger partial charge is 0.494 e. The van der Waals surface area contributed by atoms with Gasteiger partial charge in [0.2, 0.25) is 4.91 Å². The summed E-state index contributed by atoms with van der Waals surface area (Å²) in [5.41, 5.74) is 12.1. The third kappa shape index (κ3) is 3.86. The number of fused-ring (bicyclic) bond motifs is 1. The van der Waals surface area contributed by atoms with Crippen molar-refractivity contribution in [3.63, 3.8) is 0 Å². The quantitative estimate of drug-likeness (QED) is 0.275. The van der Waals surface area contributed by atoms with Crippen LogP contribution in [-0.4, -0.2) is 28.1 Å².